The zero-order valence-electron chi connectivity index (χ0n) is 9.85. The Morgan fingerprint density at radius 1 is 1.00 bits per heavy atom. The van der Waals surface area contributed by atoms with Gasteiger partial charge in [-0.25, -0.2) is 8.78 Å². The van der Waals surface area contributed by atoms with E-state index in [9.17, 15) is 8.78 Å². The Morgan fingerprint density at radius 3 is 2.32 bits per heavy atom. The van der Waals surface area contributed by atoms with E-state index in [-0.39, 0.29) is 15.6 Å². The minimum atomic E-state index is -0.875. The molecule has 2 aromatic carbocycles. The third-order valence-electron chi connectivity index (χ3n) is 2.80. The molecule has 2 rings (SSSR count). The molecule has 2 aromatic rings. The van der Waals surface area contributed by atoms with Gasteiger partial charge in [-0.05, 0) is 42.3 Å². The van der Waals surface area contributed by atoms with Crippen molar-refractivity contribution in [3.8, 4) is 0 Å². The molecule has 0 aliphatic rings. The Hall–Kier alpha value is -0.830. The molecular formula is C14H9Cl3F2. The number of benzene rings is 2. The fourth-order valence-electron chi connectivity index (χ4n) is 1.78. The number of halogens is 5. The molecule has 0 aromatic heterocycles. The Labute approximate surface area is 124 Å². The molecule has 0 aliphatic carbocycles. The number of aryl methyl sites for hydroxylation is 1. The normalized spacial score (nSPS) is 12.5. The summed E-state index contributed by atoms with van der Waals surface area (Å²) in [6.07, 6.45) is 0. The highest BCUT2D eigenvalue weighted by atomic mass is 35.5. The maximum atomic E-state index is 13.8. The number of alkyl halides is 1. The molecular weight excluding hydrogens is 313 g/mol. The highest BCUT2D eigenvalue weighted by molar-refractivity contribution is 6.35. The molecule has 0 nitrogen and oxygen atoms in total. The van der Waals surface area contributed by atoms with E-state index >= 15 is 0 Å². The van der Waals surface area contributed by atoms with Crippen LogP contribution in [0.15, 0.2) is 30.3 Å². The van der Waals surface area contributed by atoms with E-state index in [0.717, 1.165) is 6.07 Å². The SMILES string of the molecule is Cc1cc(C(Cl)c2c(F)cccc2Cl)c(Cl)cc1F. The first-order chi connectivity index (χ1) is 8.91. The van der Waals surface area contributed by atoms with E-state index in [2.05, 4.69) is 0 Å². The lowest BCUT2D eigenvalue weighted by Crippen LogP contribution is -2.00. The van der Waals surface area contributed by atoms with Crippen LogP contribution in [0.2, 0.25) is 10.0 Å². The van der Waals surface area contributed by atoms with Gasteiger partial charge in [-0.1, -0.05) is 29.3 Å². The average molecular weight is 322 g/mol. The first kappa shape index (κ1) is 14.6. The van der Waals surface area contributed by atoms with E-state index < -0.39 is 17.0 Å². The average Bonchev–Trinajstić information content (AvgIpc) is 2.33. The van der Waals surface area contributed by atoms with Gasteiger partial charge in [0.05, 0.1) is 5.38 Å². The van der Waals surface area contributed by atoms with Gasteiger partial charge in [0.25, 0.3) is 0 Å². The summed E-state index contributed by atoms with van der Waals surface area (Å²) in [5.74, 6) is -0.956. The molecule has 0 saturated carbocycles. The van der Waals surface area contributed by atoms with Crippen molar-refractivity contribution in [1.82, 2.24) is 0 Å². The van der Waals surface area contributed by atoms with Crippen molar-refractivity contribution in [2.75, 3.05) is 0 Å². The second kappa shape index (κ2) is 5.66. The van der Waals surface area contributed by atoms with Gasteiger partial charge in [-0.2, -0.15) is 0 Å². The third-order valence-corrected chi connectivity index (χ3v) is 3.91. The van der Waals surface area contributed by atoms with E-state index in [1.165, 1.54) is 18.2 Å². The van der Waals surface area contributed by atoms with Crippen molar-refractivity contribution < 1.29 is 8.78 Å². The summed E-state index contributed by atoms with van der Waals surface area (Å²) in [6, 6.07) is 6.96. The quantitative estimate of drug-likeness (QED) is 0.603. The minimum absolute atomic E-state index is 0.138. The summed E-state index contributed by atoms with van der Waals surface area (Å²) < 4.78 is 27.2. The van der Waals surface area contributed by atoms with Crippen molar-refractivity contribution in [3.05, 3.63) is 68.7 Å². The first-order valence-corrected chi connectivity index (χ1v) is 6.64. The number of rotatable bonds is 2. The Balaban J connectivity index is 2.56. The maximum absolute atomic E-state index is 13.8. The highest BCUT2D eigenvalue weighted by Crippen LogP contribution is 2.39. The van der Waals surface area contributed by atoms with Crippen LogP contribution in [0.1, 0.15) is 22.1 Å². The maximum Gasteiger partial charge on any atom is 0.129 e. The number of hydrogen-bond acceptors (Lipinski definition) is 0. The van der Waals surface area contributed by atoms with Crippen LogP contribution in [0.3, 0.4) is 0 Å². The van der Waals surface area contributed by atoms with Crippen LogP contribution in [-0.4, -0.2) is 0 Å². The zero-order chi connectivity index (χ0) is 14.2. The van der Waals surface area contributed by atoms with Crippen molar-refractivity contribution in [2.45, 2.75) is 12.3 Å². The largest absolute Gasteiger partial charge is 0.207 e. The summed E-state index contributed by atoms with van der Waals surface area (Å²) in [5, 5.41) is -0.527. The molecule has 100 valence electrons. The standard InChI is InChI=1S/C14H9Cl3F2/c1-7-5-8(10(16)6-12(7)19)14(17)13-9(15)3-2-4-11(13)18/h2-6,14H,1H3. The zero-order valence-corrected chi connectivity index (χ0v) is 12.1. The molecule has 1 atom stereocenters. The molecule has 0 bridgehead atoms. The van der Waals surface area contributed by atoms with E-state index in [0.29, 0.717) is 11.1 Å². The van der Waals surface area contributed by atoms with Crippen LogP contribution in [0.25, 0.3) is 0 Å². The number of hydrogen-bond donors (Lipinski definition) is 0. The topological polar surface area (TPSA) is 0 Å². The Morgan fingerprint density at radius 2 is 1.68 bits per heavy atom. The van der Waals surface area contributed by atoms with Crippen LogP contribution in [0.4, 0.5) is 8.78 Å². The Bertz CT molecular complexity index is 606. The van der Waals surface area contributed by atoms with Crippen LogP contribution in [-0.2, 0) is 0 Å². The van der Waals surface area contributed by atoms with Crippen molar-refractivity contribution in [3.63, 3.8) is 0 Å². The molecule has 5 heteroatoms. The molecule has 0 radical (unpaired) electrons. The molecule has 0 fully saturated rings. The second-order valence-corrected chi connectivity index (χ2v) is 5.37. The van der Waals surface area contributed by atoms with Crippen LogP contribution in [0.5, 0.6) is 0 Å². The molecule has 0 amide bonds. The smallest absolute Gasteiger partial charge is 0.129 e. The molecule has 0 N–H and O–H groups in total. The summed E-state index contributed by atoms with van der Waals surface area (Å²) in [5.41, 5.74) is 0.950. The van der Waals surface area contributed by atoms with Crippen LogP contribution < -0.4 is 0 Å². The molecule has 0 aliphatic heterocycles. The molecule has 0 saturated heterocycles. The summed E-state index contributed by atoms with van der Waals surface area (Å²) >= 11 is 18.2. The molecule has 0 spiro atoms. The van der Waals surface area contributed by atoms with Gasteiger partial charge >= 0.3 is 0 Å². The molecule has 19 heavy (non-hydrogen) atoms. The first-order valence-electron chi connectivity index (χ1n) is 5.45. The van der Waals surface area contributed by atoms with Gasteiger partial charge in [0.2, 0.25) is 0 Å². The Kier molecular flexibility index (Phi) is 4.34. The lowest BCUT2D eigenvalue weighted by Gasteiger charge is -2.15. The molecule has 1 unspecified atom stereocenters. The van der Waals surface area contributed by atoms with Gasteiger partial charge in [0.1, 0.15) is 11.6 Å². The summed E-state index contributed by atoms with van der Waals surface area (Å²) in [7, 11) is 0. The fourth-order valence-corrected chi connectivity index (χ4v) is 2.83. The van der Waals surface area contributed by atoms with Crippen LogP contribution >= 0.6 is 34.8 Å². The minimum Gasteiger partial charge on any atom is -0.207 e. The fraction of sp³-hybridized carbons (Fsp3) is 0.143. The lowest BCUT2D eigenvalue weighted by atomic mass is 10.0. The van der Waals surface area contributed by atoms with Crippen LogP contribution in [0, 0.1) is 18.6 Å². The van der Waals surface area contributed by atoms with Gasteiger partial charge in [-0.3, -0.25) is 0 Å². The summed E-state index contributed by atoms with van der Waals surface area (Å²) in [4.78, 5) is 0. The lowest BCUT2D eigenvalue weighted by molar-refractivity contribution is 0.610. The van der Waals surface area contributed by atoms with Gasteiger partial charge in [-0.15, -0.1) is 11.6 Å². The van der Waals surface area contributed by atoms with E-state index in [4.69, 9.17) is 34.8 Å². The third kappa shape index (κ3) is 2.86. The van der Waals surface area contributed by atoms with E-state index in [1.807, 2.05) is 0 Å². The second-order valence-electron chi connectivity index (χ2n) is 4.12. The van der Waals surface area contributed by atoms with Crippen molar-refractivity contribution in [2.24, 2.45) is 0 Å². The van der Waals surface area contributed by atoms with E-state index in [1.54, 1.807) is 13.0 Å². The summed E-state index contributed by atoms with van der Waals surface area (Å²) in [6.45, 7) is 1.59. The van der Waals surface area contributed by atoms with Gasteiger partial charge in [0.15, 0.2) is 0 Å². The van der Waals surface area contributed by atoms with Crippen molar-refractivity contribution >= 4 is 34.8 Å². The predicted octanol–water partition coefficient (Wildman–Crippen LogP) is 5.91. The van der Waals surface area contributed by atoms with Crippen molar-refractivity contribution in [1.29, 1.82) is 0 Å². The van der Waals surface area contributed by atoms with Gasteiger partial charge in [0, 0.05) is 15.6 Å². The predicted molar refractivity (Wildman–Crippen MR) is 75.3 cm³/mol. The van der Waals surface area contributed by atoms with Gasteiger partial charge < -0.3 is 0 Å². The highest BCUT2D eigenvalue weighted by Gasteiger charge is 2.21. The monoisotopic (exact) mass is 320 g/mol. The molecule has 0 heterocycles.